The minimum atomic E-state index is 0. The van der Waals surface area contributed by atoms with Gasteiger partial charge in [-0.05, 0) is 54.3 Å². The quantitative estimate of drug-likeness (QED) is 0.372. The molecule has 1 unspecified atom stereocenters. The summed E-state index contributed by atoms with van der Waals surface area (Å²) in [6.45, 7) is 2.85. The van der Waals surface area contributed by atoms with E-state index in [2.05, 4.69) is 29.4 Å². The molecule has 0 aliphatic rings. The molecule has 1 atom stereocenters. The molecular weight excluding hydrogens is 429 g/mol. The van der Waals surface area contributed by atoms with E-state index in [0.29, 0.717) is 18.4 Å². The van der Waals surface area contributed by atoms with Gasteiger partial charge in [0.25, 0.3) is 0 Å². The molecule has 2 aromatic rings. The van der Waals surface area contributed by atoms with Crippen LogP contribution in [0.1, 0.15) is 24.8 Å². The normalized spacial score (nSPS) is 12.0. The molecule has 0 aromatic heterocycles. The standard InChI is InChI=1S/C19H25N3O2.HI/c1-14(15-4-8-17(23-2)9-5-15)12-13-21-19(20)22-16-6-10-18(24-3)11-7-16;/h4-11,14H,12-13H2,1-3H3,(H3,20,21,22);1H. The highest BCUT2D eigenvalue weighted by Gasteiger charge is 2.05. The van der Waals surface area contributed by atoms with E-state index in [9.17, 15) is 0 Å². The Morgan fingerprint density at radius 2 is 1.52 bits per heavy atom. The van der Waals surface area contributed by atoms with Crippen molar-refractivity contribution in [2.45, 2.75) is 19.3 Å². The highest BCUT2D eigenvalue weighted by molar-refractivity contribution is 14.0. The van der Waals surface area contributed by atoms with Crippen molar-refractivity contribution in [1.82, 2.24) is 0 Å². The van der Waals surface area contributed by atoms with Crippen LogP contribution < -0.4 is 20.5 Å². The SMILES string of the molecule is COc1ccc(NC(N)=NCCC(C)c2ccc(OC)cc2)cc1.I. The first-order chi connectivity index (χ1) is 11.6. The number of halogens is 1. The highest BCUT2D eigenvalue weighted by atomic mass is 127. The van der Waals surface area contributed by atoms with Crippen molar-refractivity contribution >= 4 is 35.6 Å². The lowest BCUT2D eigenvalue weighted by Crippen LogP contribution is -2.22. The number of guanidine groups is 1. The molecule has 6 heteroatoms. The van der Waals surface area contributed by atoms with Crippen LogP contribution in [0.15, 0.2) is 53.5 Å². The van der Waals surface area contributed by atoms with Crippen molar-refractivity contribution in [3.8, 4) is 11.5 Å². The van der Waals surface area contributed by atoms with Crippen LogP contribution in [0.3, 0.4) is 0 Å². The maximum absolute atomic E-state index is 5.93. The van der Waals surface area contributed by atoms with Gasteiger partial charge in [0.15, 0.2) is 5.96 Å². The third-order valence-corrected chi connectivity index (χ3v) is 3.89. The first-order valence-corrected chi connectivity index (χ1v) is 7.97. The number of hydrogen-bond acceptors (Lipinski definition) is 3. The summed E-state index contributed by atoms with van der Waals surface area (Å²) >= 11 is 0. The lowest BCUT2D eigenvalue weighted by molar-refractivity contribution is 0.414. The summed E-state index contributed by atoms with van der Waals surface area (Å²) in [4.78, 5) is 4.39. The van der Waals surface area contributed by atoms with Gasteiger partial charge in [0.2, 0.25) is 0 Å². The predicted octanol–water partition coefficient (Wildman–Crippen LogP) is 4.24. The number of methoxy groups -OCH3 is 2. The molecule has 0 bridgehead atoms. The number of nitrogens with two attached hydrogens (primary N) is 1. The fourth-order valence-electron chi connectivity index (χ4n) is 2.34. The van der Waals surface area contributed by atoms with Gasteiger partial charge >= 0.3 is 0 Å². The molecule has 0 amide bonds. The lowest BCUT2D eigenvalue weighted by Gasteiger charge is -2.11. The largest absolute Gasteiger partial charge is 0.497 e. The third-order valence-electron chi connectivity index (χ3n) is 3.89. The number of aliphatic imine (C=N–C) groups is 1. The zero-order valence-electron chi connectivity index (χ0n) is 14.9. The third kappa shape index (κ3) is 6.81. The molecule has 136 valence electrons. The van der Waals surface area contributed by atoms with Crippen molar-refractivity contribution < 1.29 is 9.47 Å². The molecule has 0 aliphatic carbocycles. The Hall–Kier alpha value is -1.96. The van der Waals surface area contributed by atoms with E-state index in [1.807, 2.05) is 36.4 Å². The Morgan fingerprint density at radius 1 is 1.00 bits per heavy atom. The minimum absolute atomic E-state index is 0. The Morgan fingerprint density at radius 3 is 2.04 bits per heavy atom. The van der Waals surface area contributed by atoms with Crippen LogP contribution in [0.25, 0.3) is 0 Å². The maximum atomic E-state index is 5.93. The van der Waals surface area contributed by atoms with Crippen LogP contribution in [-0.4, -0.2) is 26.7 Å². The van der Waals surface area contributed by atoms with E-state index in [1.165, 1.54) is 5.56 Å². The molecule has 25 heavy (non-hydrogen) atoms. The number of nitrogens with zero attached hydrogens (tertiary/aromatic N) is 1. The van der Waals surface area contributed by atoms with Crippen molar-refractivity contribution in [3.63, 3.8) is 0 Å². The molecule has 0 heterocycles. The second-order valence-corrected chi connectivity index (χ2v) is 5.58. The molecule has 5 nitrogen and oxygen atoms in total. The average molecular weight is 455 g/mol. The van der Waals surface area contributed by atoms with E-state index in [-0.39, 0.29) is 24.0 Å². The van der Waals surface area contributed by atoms with Crippen molar-refractivity contribution in [1.29, 1.82) is 0 Å². The van der Waals surface area contributed by atoms with Gasteiger partial charge in [-0.3, -0.25) is 4.99 Å². The van der Waals surface area contributed by atoms with Crippen LogP contribution >= 0.6 is 24.0 Å². The summed E-state index contributed by atoms with van der Waals surface area (Å²) in [7, 11) is 3.31. The van der Waals surface area contributed by atoms with Crippen molar-refractivity contribution in [3.05, 3.63) is 54.1 Å². The van der Waals surface area contributed by atoms with E-state index in [4.69, 9.17) is 15.2 Å². The van der Waals surface area contributed by atoms with Gasteiger partial charge in [-0.1, -0.05) is 19.1 Å². The second-order valence-electron chi connectivity index (χ2n) is 5.58. The molecule has 2 rings (SSSR count). The molecule has 0 radical (unpaired) electrons. The summed E-state index contributed by atoms with van der Waals surface area (Å²) in [5.41, 5.74) is 8.09. The van der Waals surface area contributed by atoms with Gasteiger partial charge in [-0.2, -0.15) is 0 Å². The topological polar surface area (TPSA) is 68.9 Å². The van der Waals surface area contributed by atoms with E-state index < -0.39 is 0 Å². The fourth-order valence-corrected chi connectivity index (χ4v) is 2.34. The molecule has 0 spiro atoms. The smallest absolute Gasteiger partial charge is 0.193 e. The molecule has 2 aromatic carbocycles. The molecule has 0 aliphatic heterocycles. The zero-order chi connectivity index (χ0) is 17.4. The Balaban J connectivity index is 0.00000312. The number of rotatable bonds is 7. The van der Waals surface area contributed by atoms with Crippen LogP contribution in [0.2, 0.25) is 0 Å². The number of ether oxygens (including phenoxy) is 2. The van der Waals surface area contributed by atoms with Gasteiger partial charge in [0.1, 0.15) is 11.5 Å². The van der Waals surface area contributed by atoms with Crippen molar-refractivity contribution in [2.24, 2.45) is 10.7 Å². The van der Waals surface area contributed by atoms with Gasteiger partial charge in [0, 0.05) is 12.2 Å². The summed E-state index contributed by atoms with van der Waals surface area (Å²) in [6.07, 6.45) is 0.928. The zero-order valence-corrected chi connectivity index (χ0v) is 17.2. The first-order valence-electron chi connectivity index (χ1n) is 7.97. The molecule has 0 saturated carbocycles. The Bertz CT molecular complexity index is 657. The lowest BCUT2D eigenvalue weighted by atomic mass is 9.98. The number of anilines is 1. The molecule has 3 N–H and O–H groups in total. The number of nitrogens with one attached hydrogen (secondary N) is 1. The predicted molar refractivity (Wildman–Crippen MR) is 115 cm³/mol. The molecule has 0 fully saturated rings. The van der Waals surface area contributed by atoms with Gasteiger partial charge in [0.05, 0.1) is 14.2 Å². The summed E-state index contributed by atoms with van der Waals surface area (Å²) in [6, 6.07) is 15.7. The van der Waals surface area contributed by atoms with Gasteiger partial charge in [-0.15, -0.1) is 24.0 Å². The fraction of sp³-hybridized carbons (Fsp3) is 0.316. The summed E-state index contributed by atoms with van der Waals surface area (Å²) < 4.78 is 10.3. The van der Waals surface area contributed by atoms with E-state index in [1.54, 1.807) is 14.2 Å². The van der Waals surface area contributed by atoms with Crippen LogP contribution in [0.5, 0.6) is 11.5 Å². The van der Waals surface area contributed by atoms with E-state index >= 15 is 0 Å². The summed E-state index contributed by atoms with van der Waals surface area (Å²) in [5.74, 6) is 2.51. The summed E-state index contributed by atoms with van der Waals surface area (Å²) in [5, 5.41) is 3.08. The second kappa shape index (κ2) is 10.8. The van der Waals surface area contributed by atoms with E-state index in [0.717, 1.165) is 23.6 Å². The van der Waals surface area contributed by atoms with Gasteiger partial charge in [-0.25, -0.2) is 0 Å². The van der Waals surface area contributed by atoms with Crippen LogP contribution in [0.4, 0.5) is 5.69 Å². The highest BCUT2D eigenvalue weighted by Crippen LogP contribution is 2.21. The first kappa shape index (κ1) is 21.1. The van der Waals surface area contributed by atoms with Crippen LogP contribution in [0, 0.1) is 0 Å². The number of hydrogen-bond donors (Lipinski definition) is 2. The van der Waals surface area contributed by atoms with Crippen molar-refractivity contribution in [2.75, 3.05) is 26.1 Å². The average Bonchev–Trinajstić information content (AvgIpc) is 2.62. The molecular formula is C19H26IN3O2. The van der Waals surface area contributed by atoms with Gasteiger partial charge < -0.3 is 20.5 Å². The number of benzene rings is 2. The maximum Gasteiger partial charge on any atom is 0.193 e. The Kier molecular flexibility index (Phi) is 9.12. The molecule has 0 saturated heterocycles. The van der Waals surface area contributed by atoms with Crippen LogP contribution in [-0.2, 0) is 0 Å². The Labute approximate surface area is 166 Å². The monoisotopic (exact) mass is 455 g/mol. The minimum Gasteiger partial charge on any atom is -0.497 e.